The maximum Gasteiger partial charge on any atom is 0.150 e. The summed E-state index contributed by atoms with van der Waals surface area (Å²) in [6.45, 7) is 0. The molecule has 4 heteroatoms. The fraction of sp³-hybridized carbons (Fsp3) is 0.222. The van der Waals surface area contributed by atoms with E-state index in [-0.39, 0.29) is 0 Å². The highest BCUT2D eigenvalue weighted by molar-refractivity contribution is 5.97. The van der Waals surface area contributed by atoms with Crippen molar-refractivity contribution in [3.8, 4) is 5.75 Å². The highest BCUT2D eigenvalue weighted by Gasteiger charge is 1.97. The smallest absolute Gasteiger partial charge is 0.150 e. The van der Waals surface area contributed by atoms with Gasteiger partial charge in [-0.1, -0.05) is 0 Å². The van der Waals surface area contributed by atoms with Gasteiger partial charge in [-0.05, 0) is 24.3 Å². The van der Waals surface area contributed by atoms with Gasteiger partial charge in [-0.3, -0.25) is 0 Å². The molecule has 0 fully saturated rings. The number of nitrogens with one attached hydrogen (secondary N) is 1. The molecule has 1 aromatic rings. The largest absolute Gasteiger partial charge is 0.497 e. The molecule has 0 atom stereocenters. The van der Waals surface area contributed by atoms with Crippen molar-refractivity contribution in [2.45, 2.75) is 0 Å². The summed E-state index contributed by atoms with van der Waals surface area (Å²) < 4.78 is 5.01. The molecular formula is C9H13N3O. The molecular weight excluding hydrogens is 166 g/mol. The molecule has 0 aliphatic rings. The van der Waals surface area contributed by atoms with Crippen LogP contribution < -0.4 is 15.9 Å². The van der Waals surface area contributed by atoms with Gasteiger partial charge >= 0.3 is 0 Å². The van der Waals surface area contributed by atoms with E-state index in [9.17, 15) is 0 Å². The van der Waals surface area contributed by atoms with Crippen molar-refractivity contribution >= 4 is 5.84 Å². The van der Waals surface area contributed by atoms with E-state index >= 15 is 0 Å². The number of hydrazone groups is 1. The van der Waals surface area contributed by atoms with E-state index in [1.165, 1.54) is 0 Å². The standard InChI is InChI=1S/C9H13N3O/c1-11-12-9(10)7-3-5-8(13-2)6-4-7/h3-6,11H,1-2H3,(H2,10,12). The first-order valence-electron chi connectivity index (χ1n) is 3.92. The van der Waals surface area contributed by atoms with Gasteiger partial charge in [-0.2, -0.15) is 5.10 Å². The number of benzene rings is 1. The van der Waals surface area contributed by atoms with Crippen molar-refractivity contribution in [1.82, 2.24) is 5.43 Å². The lowest BCUT2D eigenvalue weighted by atomic mass is 10.2. The van der Waals surface area contributed by atoms with Crippen molar-refractivity contribution in [2.75, 3.05) is 14.2 Å². The third-order valence-electron chi connectivity index (χ3n) is 1.62. The van der Waals surface area contributed by atoms with Crippen LogP contribution in [0.4, 0.5) is 0 Å². The molecule has 0 heterocycles. The average molecular weight is 179 g/mol. The lowest BCUT2D eigenvalue weighted by molar-refractivity contribution is 0.415. The van der Waals surface area contributed by atoms with E-state index in [4.69, 9.17) is 10.5 Å². The van der Waals surface area contributed by atoms with Gasteiger partial charge in [0.15, 0.2) is 5.84 Å². The number of nitrogens with two attached hydrogens (primary N) is 1. The fourth-order valence-electron chi connectivity index (χ4n) is 0.947. The lowest BCUT2D eigenvalue weighted by Crippen LogP contribution is -2.16. The van der Waals surface area contributed by atoms with E-state index in [1.54, 1.807) is 14.2 Å². The third-order valence-corrected chi connectivity index (χ3v) is 1.62. The Kier molecular flexibility index (Phi) is 3.14. The number of amidine groups is 1. The summed E-state index contributed by atoms with van der Waals surface area (Å²) in [6.07, 6.45) is 0. The Hall–Kier alpha value is -1.71. The molecule has 70 valence electrons. The van der Waals surface area contributed by atoms with E-state index in [0.717, 1.165) is 11.3 Å². The van der Waals surface area contributed by atoms with Crippen LogP contribution in [0.2, 0.25) is 0 Å². The number of rotatable bonds is 3. The molecule has 0 aromatic heterocycles. The van der Waals surface area contributed by atoms with Gasteiger partial charge in [0.25, 0.3) is 0 Å². The second-order valence-corrected chi connectivity index (χ2v) is 2.45. The maximum atomic E-state index is 5.64. The molecule has 0 amide bonds. The molecule has 4 nitrogen and oxygen atoms in total. The third kappa shape index (κ3) is 2.37. The highest BCUT2D eigenvalue weighted by Crippen LogP contribution is 2.10. The van der Waals surface area contributed by atoms with E-state index in [2.05, 4.69) is 10.5 Å². The number of ether oxygens (including phenoxy) is 1. The van der Waals surface area contributed by atoms with Crippen LogP contribution in [-0.2, 0) is 0 Å². The molecule has 1 rings (SSSR count). The number of methoxy groups -OCH3 is 1. The topological polar surface area (TPSA) is 59.6 Å². The Balaban J connectivity index is 2.85. The number of hydrogen-bond donors (Lipinski definition) is 2. The Morgan fingerprint density at radius 1 is 1.38 bits per heavy atom. The van der Waals surface area contributed by atoms with E-state index < -0.39 is 0 Å². The first kappa shape index (κ1) is 9.38. The quantitative estimate of drug-likeness (QED) is 0.404. The van der Waals surface area contributed by atoms with Crippen molar-refractivity contribution < 1.29 is 4.74 Å². The van der Waals surface area contributed by atoms with Crippen LogP contribution in [0.5, 0.6) is 5.75 Å². The summed E-state index contributed by atoms with van der Waals surface area (Å²) in [5, 5.41) is 3.85. The van der Waals surface area contributed by atoms with Crippen LogP contribution in [0.15, 0.2) is 29.4 Å². The van der Waals surface area contributed by atoms with Gasteiger partial charge < -0.3 is 15.9 Å². The molecule has 0 saturated carbocycles. The predicted molar refractivity (Wildman–Crippen MR) is 52.8 cm³/mol. The maximum absolute atomic E-state index is 5.64. The second kappa shape index (κ2) is 4.35. The lowest BCUT2D eigenvalue weighted by Gasteiger charge is -2.02. The van der Waals surface area contributed by atoms with Gasteiger partial charge in [0.05, 0.1) is 7.11 Å². The zero-order chi connectivity index (χ0) is 9.68. The zero-order valence-corrected chi connectivity index (χ0v) is 7.74. The van der Waals surface area contributed by atoms with E-state index in [1.807, 2.05) is 24.3 Å². The van der Waals surface area contributed by atoms with Crippen LogP contribution in [0, 0.1) is 0 Å². The van der Waals surface area contributed by atoms with E-state index in [0.29, 0.717) is 5.84 Å². The normalized spacial score (nSPS) is 11.1. The van der Waals surface area contributed by atoms with Gasteiger partial charge in [0.1, 0.15) is 5.75 Å². The van der Waals surface area contributed by atoms with Gasteiger partial charge in [0.2, 0.25) is 0 Å². The molecule has 0 bridgehead atoms. The molecule has 0 aliphatic heterocycles. The molecule has 0 radical (unpaired) electrons. The molecule has 0 spiro atoms. The molecule has 3 N–H and O–H groups in total. The minimum absolute atomic E-state index is 0.463. The highest BCUT2D eigenvalue weighted by atomic mass is 16.5. The summed E-state index contributed by atoms with van der Waals surface area (Å²) in [6, 6.07) is 7.39. The van der Waals surface area contributed by atoms with Gasteiger partial charge in [-0.15, -0.1) is 0 Å². The van der Waals surface area contributed by atoms with Crippen molar-refractivity contribution in [1.29, 1.82) is 0 Å². The monoisotopic (exact) mass is 179 g/mol. The average Bonchev–Trinajstić information content (AvgIpc) is 2.18. The predicted octanol–water partition coefficient (Wildman–Crippen LogP) is 0.535. The Morgan fingerprint density at radius 2 is 2.00 bits per heavy atom. The van der Waals surface area contributed by atoms with Crippen LogP contribution in [0.3, 0.4) is 0 Å². The van der Waals surface area contributed by atoms with Gasteiger partial charge in [-0.25, -0.2) is 0 Å². The number of nitrogens with zero attached hydrogens (tertiary/aromatic N) is 1. The Morgan fingerprint density at radius 3 is 2.46 bits per heavy atom. The van der Waals surface area contributed by atoms with Gasteiger partial charge in [0, 0.05) is 12.6 Å². The summed E-state index contributed by atoms with van der Waals surface area (Å²) in [4.78, 5) is 0. The minimum Gasteiger partial charge on any atom is -0.497 e. The zero-order valence-electron chi connectivity index (χ0n) is 7.74. The summed E-state index contributed by atoms with van der Waals surface area (Å²) in [5.74, 6) is 1.27. The second-order valence-electron chi connectivity index (χ2n) is 2.45. The van der Waals surface area contributed by atoms with Crippen molar-refractivity contribution in [3.05, 3.63) is 29.8 Å². The molecule has 0 aliphatic carbocycles. The van der Waals surface area contributed by atoms with Crippen molar-refractivity contribution in [2.24, 2.45) is 10.8 Å². The summed E-state index contributed by atoms with van der Waals surface area (Å²) in [5.41, 5.74) is 9.14. The summed E-state index contributed by atoms with van der Waals surface area (Å²) in [7, 11) is 3.33. The van der Waals surface area contributed by atoms with Crippen LogP contribution in [0.25, 0.3) is 0 Å². The summed E-state index contributed by atoms with van der Waals surface area (Å²) >= 11 is 0. The molecule has 0 unspecified atom stereocenters. The SMILES string of the molecule is CN/N=C(\N)c1ccc(OC)cc1. The van der Waals surface area contributed by atoms with Crippen LogP contribution >= 0.6 is 0 Å². The minimum atomic E-state index is 0.463. The molecule has 0 saturated heterocycles. The molecule has 13 heavy (non-hydrogen) atoms. The Labute approximate surface area is 77.4 Å². The Bertz CT molecular complexity index is 292. The first-order valence-corrected chi connectivity index (χ1v) is 3.92. The first-order chi connectivity index (χ1) is 6.27. The van der Waals surface area contributed by atoms with Crippen LogP contribution in [0.1, 0.15) is 5.56 Å². The number of hydrogen-bond acceptors (Lipinski definition) is 3. The van der Waals surface area contributed by atoms with Crippen LogP contribution in [-0.4, -0.2) is 20.0 Å². The van der Waals surface area contributed by atoms with Crippen molar-refractivity contribution in [3.63, 3.8) is 0 Å². The molecule has 1 aromatic carbocycles. The fourth-order valence-corrected chi connectivity index (χ4v) is 0.947.